The number of aromatic nitrogens is 1. The van der Waals surface area contributed by atoms with Crippen molar-refractivity contribution in [1.82, 2.24) is 4.57 Å². The van der Waals surface area contributed by atoms with E-state index >= 15 is 0 Å². The second kappa shape index (κ2) is 9.58. The van der Waals surface area contributed by atoms with Crippen LogP contribution in [0.2, 0.25) is 0 Å². The van der Waals surface area contributed by atoms with Crippen molar-refractivity contribution in [2.24, 2.45) is 7.05 Å². The van der Waals surface area contributed by atoms with Gasteiger partial charge in [0.05, 0.1) is 0 Å². The van der Waals surface area contributed by atoms with Crippen molar-refractivity contribution in [1.29, 1.82) is 0 Å². The Morgan fingerprint density at radius 3 is 2.18 bits per heavy atom. The average molecular weight is 552 g/mol. The van der Waals surface area contributed by atoms with Gasteiger partial charge in [-0.3, -0.25) is 9.59 Å². The number of fused-ring (bicyclic) bond motifs is 1. The molecule has 1 atom stereocenters. The normalized spacial score (nSPS) is 11.7. The summed E-state index contributed by atoms with van der Waals surface area (Å²) in [5, 5.41) is 3.89. The molecule has 1 amide bonds. The molecule has 6 nitrogen and oxygen atoms in total. The smallest absolute Gasteiger partial charge is 0.356 e. The van der Waals surface area contributed by atoms with Crippen molar-refractivity contribution in [3.63, 3.8) is 0 Å². The molecule has 0 aliphatic carbocycles. The van der Waals surface area contributed by atoms with Gasteiger partial charge in [0.25, 0.3) is 11.5 Å². The number of esters is 1. The number of amides is 1. The van der Waals surface area contributed by atoms with Gasteiger partial charge in [0.15, 0.2) is 6.10 Å². The summed E-state index contributed by atoms with van der Waals surface area (Å²) in [5.74, 6) is -1.21. The maximum absolute atomic E-state index is 13.3. The van der Waals surface area contributed by atoms with Gasteiger partial charge in [-0.25, -0.2) is 4.79 Å². The van der Waals surface area contributed by atoms with Crippen LogP contribution in [-0.2, 0) is 16.6 Å². The Morgan fingerprint density at radius 1 is 0.909 bits per heavy atom. The Morgan fingerprint density at radius 2 is 1.52 bits per heavy atom. The molecule has 3 aromatic carbocycles. The topological polar surface area (TPSA) is 77.4 Å². The molecule has 0 saturated heterocycles. The number of hydrogen-bond donors (Lipinski definition) is 1. The van der Waals surface area contributed by atoms with Crippen molar-refractivity contribution in [2.45, 2.75) is 13.0 Å². The Hall–Kier alpha value is -3.46. The molecule has 1 aromatic heterocycles. The van der Waals surface area contributed by atoms with Crippen LogP contribution in [0.25, 0.3) is 21.9 Å². The number of halogens is 1. The second-order valence-electron chi connectivity index (χ2n) is 7.54. The summed E-state index contributed by atoms with van der Waals surface area (Å²) in [4.78, 5) is 38.9. The molecule has 0 fully saturated rings. The standard InChI is InChI=1S/C26H21IN2O4/c1-16(24(30)28-19-14-12-18(27)13-15-19)33-26(32)23-22(17-8-4-3-5-9-17)20-10-6-7-11-21(20)25(31)29(23)2/h3-16H,1-2H3,(H,28,30). The summed E-state index contributed by atoms with van der Waals surface area (Å²) in [6.45, 7) is 1.50. The fraction of sp³-hybridized carbons (Fsp3) is 0.115. The lowest BCUT2D eigenvalue weighted by molar-refractivity contribution is -0.123. The molecule has 7 heteroatoms. The van der Waals surface area contributed by atoms with E-state index in [-0.39, 0.29) is 11.3 Å². The van der Waals surface area contributed by atoms with E-state index in [9.17, 15) is 14.4 Å². The molecule has 0 aliphatic rings. The van der Waals surface area contributed by atoms with E-state index in [1.807, 2.05) is 54.6 Å². The van der Waals surface area contributed by atoms with E-state index in [0.29, 0.717) is 22.0 Å². The van der Waals surface area contributed by atoms with Crippen molar-refractivity contribution in [2.75, 3.05) is 5.32 Å². The first kappa shape index (κ1) is 22.7. The van der Waals surface area contributed by atoms with Crippen molar-refractivity contribution in [3.05, 3.63) is 98.5 Å². The highest BCUT2D eigenvalue weighted by Gasteiger charge is 2.26. The largest absolute Gasteiger partial charge is 0.448 e. The summed E-state index contributed by atoms with van der Waals surface area (Å²) in [6.07, 6.45) is -1.07. The van der Waals surface area contributed by atoms with Gasteiger partial charge in [-0.2, -0.15) is 0 Å². The second-order valence-corrected chi connectivity index (χ2v) is 8.79. The maximum atomic E-state index is 13.3. The third-order valence-electron chi connectivity index (χ3n) is 5.32. The van der Waals surface area contributed by atoms with Gasteiger partial charge in [-0.15, -0.1) is 0 Å². The van der Waals surface area contributed by atoms with E-state index in [2.05, 4.69) is 27.9 Å². The lowest BCUT2D eigenvalue weighted by Crippen LogP contribution is -2.32. The lowest BCUT2D eigenvalue weighted by Gasteiger charge is -2.19. The van der Waals surface area contributed by atoms with Crippen molar-refractivity contribution < 1.29 is 14.3 Å². The maximum Gasteiger partial charge on any atom is 0.356 e. The first-order valence-electron chi connectivity index (χ1n) is 10.3. The van der Waals surface area contributed by atoms with E-state index < -0.39 is 18.0 Å². The van der Waals surface area contributed by atoms with Crippen LogP contribution < -0.4 is 10.9 Å². The molecule has 0 saturated carbocycles. The van der Waals surface area contributed by atoms with E-state index in [1.54, 1.807) is 24.3 Å². The minimum Gasteiger partial charge on any atom is -0.448 e. The number of carbonyl (C=O) groups excluding carboxylic acids is 2. The third-order valence-corrected chi connectivity index (χ3v) is 6.04. The van der Waals surface area contributed by atoms with E-state index in [0.717, 1.165) is 9.13 Å². The molecule has 0 radical (unpaired) electrons. The number of carbonyl (C=O) groups is 2. The summed E-state index contributed by atoms with van der Waals surface area (Å²) >= 11 is 2.18. The first-order chi connectivity index (χ1) is 15.9. The molecule has 0 bridgehead atoms. The summed E-state index contributed by atoms with van der Waals surface area (Å²) in [7, 11) is 1.54. The summed E-state index contributed by atoms with van der Waals surface area (Å²) < 4.78 is 7.86. The van der Waals surface area contributed by atoms with Gasteiger partial charge < -0.3 is 14.6 Å². The highest BCUT2D eigenvalue weighted by molar-refractivity contribution is 14.1. The number of rotatable bonds is 5. The van der Waals surface area contributed by atoms with Crippen LogP contribution in [0.15, 0.2) is 83.7 Å². The van der Waals surface area contributed by atoms with Crippen LogP contribution in [0.3, 0.4) is 0 Å². The Kier molecular flexibility index (Phi) is 6.60. The zero-order chi connectivity index (χ0) is 23.5. The van der Waals surface area contributed by atoms with Crippen LogP contribution in [0.5, 0.6) is 0 Å². The molecular weight excluding hydrogens is 531 g/mol. The molecule has 33 heavy (non-hydrogen) atoms. The number of benzene rings is 3. The predicted molar refractivity (Wildman–Crippen MR) is 137 cm³/mol. The average Bonchev–Trinajstić information content (AvgIpc) is 2.83. The quantitative estimate of drug-likeness (QED) is 0.280. The molecule has 1 N–H and O–H groups in total. The monoisotopic (exact) mass is 552 g/mol. The minimum absolute atomic E-state index is 0.0961. The Bertz CT molecular complexity index is 1400. The zero-order valence-electron chi connectivity index (χ0n) is 18.0. The molecule has 0 spiro atoms. The highest BCUT2D eigenvalue weighted by atomic mass is 127. The SMILES string of the molecule is CC(OC(=O)c1c(-c2ccccc2)c2ccccc2c(=O)n1C)C(=O)Nc1ccc(I)cc1. The first-order valence-corrected chi connectivity index (χ1v) is 11.4. The van der Waals surface area contributed by atoms with Gasteiger partial charge in [-0.1, -0.05) is 48.5 Å². The third kappa shape index (κ3) is 4.68. The molecule has 0 aliphatic heterocycles. The fourth-order valence-electron chi connectivity index (χ4n) is 3.65. The van der Waals surface area contributed by atoms with Gasteiger partial charge in [-0.05, 0) is 70.8 Å². The number of anilines is 1. The molecule has 166 valence electrons. The lowest BCUT2D eigenvalue weighted by atomic mass is 9.97. The number of nitrogens with zero attached hydrogens (tertiary/aromatic N) is 1. The van der Waals surface area contributed by atoms with Crippen LogP contribution in [-0.4, -0.2) is 22.5 Å². The fourth-order valence-corrected chi connectivity index (χ4v) is 4.01. The molecule has 1 heterocycles. The number of nitrogens with one attached hydrogen (secondary N) is 1. The van der Waals surface area contributed by atoms with Crippen molar-refractivity contribution >= 4 is 50.9 Å². The molecule has 4 aromatic rings. The molecular formula is C26H21IN2O4. The molecule has 4 rings (SSSR count). The number of ether oxygens (including phenoxy) is 1. The van der Waals surface area contributed by atoms with Gasteiger partial charge >= 0.3 is 5.97 Å². The Balaban J connectivity index is 1.72. The van der Waals surface area contributed by atoms with Crippen molar-refractivity contribution in [3.8, 4) is 11.1 Å². The zero-order valence-corrected chi connectivity index (χ0v) is 20.2. The Labute approximate surface area is 204 Å². The van der Waals surface area contributed by atoms with E-state index in [1.165, 1.54) is 18.5 Å². The minimum atomic E-state index is -1.07. The van der Waals surface area contributed by atoms with Crippen LogP contribution in [0.1, 0.15) is 17.4 Å². The van der Waals surface area contributed by atoms with Gasteiger partial charge in [0, 0.05) is 27.3 Å². The summed E-state index contributed by atoms with van der Waals surface area (Å²) in [6, 6.07) is 23.8. The highest BCUT2D eigenvalue weighted by Crippen LogP contribution is 2.31. The van der Waals surface area contributed by atoms with Gasteiger partial charge in [0.1, 0.15) is 5.69 Å². The van der Waals surface area contributed by atoms with Crippen LogP contribution >= 0.6 is 22.6 Å². The number of pyridine rings is 1. The summed E-state index contributed by atoms with van der Waals surface area (Å²) in [5.41, 5.74) is 1.74. The number of hydrogen-bond acceptors (Lipinski definition) is 4. The molecule has 1 unspecified atom stereocenters. The van der Waals surface area contributed by atoms with Crippen LogP contribution in [0, 0.1) is 3.57 Å². The van der Waals surface area contributed by atoms with Crippen LogP contribution in [0.4, 0.5) is 5.69 Å². The van der Waals surface area contributed by atoms with E-state index in [4.69, 9.17) is 4.74 Å². The van der Waals surface area contributed by atoms with Gasteiger partial charge in [0.2, 0.25) is 0 Å². The predicted octanol–water partition coefficient (Wildman–Crippen LogP) is 4.99.